The molecule has 0 aliphatic heterocycles. The molecule has 20 heavy (non-hydrogen) atoms. The van der Waals surface area contributed by atoms with Gasteiger partial charge in [0.15, 0.2) is 0 Å². The Kier molecular flexibility index (Phi) is 4.13. The van der Waals surface area contributed by atoms with Crippen LogP contribution in [0.4, 0.5) is 13.2 Å². The van der Waals surface area contributed by atoms with Gasteiger partial charge in [-0.05, 0) is 37.1 Å². The van der Waals surface area contributed by atoms with E-state index < -0.39 is 11.7 Å². The van der Waals surface area contributed by atoms with Crippen molar-refractivity contribution in [1.29, 1.82) is 0 Å². The van der Waals surface area contributed by atoms with Gasteiger partial charge in [-0.15, -0.1) is 0 Å². The second-order valence-electron chi connectivity index (χ2n) is 4.60. The molecule has 2 aromatic rings. The molecule has 0 saturated carbocycles. The molecule has 0 amide bonds. The molecule has 0 saturated heterocycles. The summed E-state index contributed by atoms with van der Waals surface area (Å²) in [4.78, 5) is 0. The zero-order chi connectivity index (χ0) is 14.8. The van der Waals surface area contributed by atoms with Crippen LogP contribution in [0.1, 0.15) is 17.7 Å². The van der Waals surface area contributed by atoms with Crippen LogP contribution in [0.2, 0.25) is 0 Å². The van der Waals surface area contributed by atoms with Crippen molar-refractivity contribution in [2.24, 2.45) is 12.8 Å². The summed E-state index contributed by atoms with van der Waals surface area (Å²) in [5.41, 5.74) is 6.99. The number of benzene rings is 1. The maximum atomic E-state index is 12.8. The third-order valence-electron chi connectivity index (χ3n) is 3.18. The Bertz CT molecular complexity index is 588. The Balaban J connectivity index is 2.42. The maximum Gasteiger partial charge on any atom is 0.416 e. The van der Waals surface area contributed by atoms with Gasteiger partial charge < -0.3 is 5.73 Å². The Morgan fingerprint density at radius 2 is 2.05 bits per heavy atom. The van der Waals surface area contributed by atoms with Crippen molar-refractivity contribution in [2.75, 3.05) is 6.54 Å². The van der Waals surface area contributed by atoms with Gasteiger partial charge >= 0.3 is 6.18 Å². The molecule has 3 nitrogen and oxygen atoms in total. The van der Waals surface area contributed by atoms with Gasteiger partial charge in [-0.1, -0.05) is 12.1 Å². The van der Waals surface area contributed by atoms with Gasteiger partial charge in [0.2, 0.25) is 0 Å². The highest BCUT2D eigenvalue weighted by Crippen LogP contribution is 2.33. The fourth-order valence-electron chi connectivity index (χ4n) is 2.13. The Morgan fingerprint density at radius 1 is 1.30 bits per heavy atom. The van der Waals surface area contributed by atoms with E-state index in [1.54, 1.807) is 24.0 Å². The molecule has 0 unspecified atom stereocenters. The molecule has 2 rings (SSSR count). The maximum absolute atomic E-state index is 12.8. The minimum Gasteiger partial charge on any atom is -0.330 e. The topological polar surface area (TPSA) is 43.8 Å². The van der Waals surface area contributed by atoms with Crippen LogP contribution in [0.25, 0.3) is 11.1 Å². The number of alkyl halides is 3. The number of nitrogens with zero attached hydrogens (tertiary/aromatic N) is 2. The molecule has 0 aliphatic rings. The SMILES string of the molecule is Cn1ncc(-c2cccc(C(F)(F)F)c2)c1CCCN. The summed E-state index contributed by atoms with van der Waals surface area (Å²) >= 11 is 0. The van der Waals surface area contributed by atoms with Gasteiger partial charge in [0.25, 0.3) is 0 Å². The van der Waals surface area contributed by atoms with E-state index in [1.165, 1.54) is 6.07 Å². The predicted molar refractivity (Wildman–Crippen MR) is 71.0 cm³/mol. The molecule has 6 heteroatoms. The van der Waals surface area contributed by atoms with Crippen molar-refractivity contribution in [3.05, 3.63) is 41.7 Å². The standard InChI is InChI=1S/C14H16F3N3/c1-20-13(6-3-7-18)12(9-19-20)10-4-2-5-11(8-10)14(15,16)17/h2,4-5,8-9H,3,6-7,18H2,1H3. The van der Waals surface area contributed by atoms with Gasteiger partial charge in [0, 0.05) is 18.3 Å². The van der Waals surface area contributed by atoms with Crippen LogP contribution in [0.5, 0.6) is 0 Å². The van der Waals surface area contributed by atoms with Crippen LogP contribution in [0, 0.1) is 0 Å². The summed E-state index contributed by atoms with van der Waals surface area (Å²) in [6.07, 6.45) is -1.28. The number of hydrogen-bond acceptors (Lipinski definition) is 2. The zero-order valence-electron chi connectivity index (χ0n) is 11.1. The van der Waals surface area contributed by atoms with Crippen LogP contribution in [-0.2, 0) is 19.6 Å². The van der Waals surface area contributed by atoms with Crippen molar-refractivity contribution in [1.82, 2.24) is 9.78 Å². The summed E-state index contributed by atoms with van der Waals surface area (Å²) in [5.74, 6) is 0. The summed E-state index contributed by atoms with van der Waals surface area (Å²) in [6, 6.07) is 5.30. The van der Waals surface area contributed by atoms with Gasteiger partial charge in [-0.25, -0.2) is 0 Å². The quantitative estimate of drug-likeness (QED) is 0.937. The van der Waals surface area contributed by atoms with Crippen molar-refractivity contribution in [2.45, 2.75) is 19.0 Å². The number of aryl methyl sites for hydroxylation is 1. The molecule has 0 bridgehead atoms. The van der Waals surface area contributed by atoms with E-state index in [0.29, 0.717) is 18.5 Å². The number of nitrogens with two attached hydrogens (primary N) is 1. The van der Waals surface area contributed by atoms with E-state index in [1.807, 2.05) is 0 Å². The lowest BCUT2D eigenvalue weighted by molar-refractivity contribution is -0.137. The smallest absolute Gasteiger partial charge is 0.330 e. The fourth-order valence-corrected chi connectivity index (χ4v) is 2.13. The lowest BCUT2D eigenvalue weighted by Crippen LogP contribution is -2.06. The number of aromatic nitrogens is 2. The third-order valence-corrected chi connectivity index (χ3v) is 3.18. The largest absolute Gasteiger partial charge is 0.416 e. The summed E-state index contributed by atoms with van der Waals surface area (Å²) < 4.78 is 39.9. The van der Waals surface area contributed by atoms with Crippen molar-refractivity contribution >= 4 is 0 Å². The first-order valence-corrected chi connectivity index (χ1v) is 6.32. The van der Waals surface area contributed by atoms with Crippen LogP contribution in [-0.4, -0.2) is 16.3 Å². The summed E-state index contributed by atoms with van der Waals surface area (Å²) in [5, 5.41) is 4.13. The van der Waals surface area contributed by atoms with Crippen LogP contribution >= 0.6 is 0 Å². The first-order valence-electron chi connectivity index (χ1n) is 6.32. The van der Waals surface area contributed by atoms with E-state index in [9.17, 15) is 13.2 Å². The molecule has 0 spiro atoms. The molecule has 1 heterocycles. The molecule has 0 aliphatic carbocycles. The van der Waals surface area contributed by atoms with Crippen LogP contribution in [0.15, 0.2) is 30.5 Å². The first kappa shape index (κ1) is 14.6. The van der Waals surface area contributed by atoms with Gasteiger partial charge in [0.1, 0.15) is 0 Å². The molecule has 0 fully saturated rings. The molecular weight excluding hydrogens is 267 g/mol. The van der Waals surface area contributed by atoms with E-state index in [2.05, 4.69) is 5.10 Å². The van der Waals surface area contributed by atoms with E-state index in [0.717, 1.165) is 29.8 Å². The lowest BCUT2D eigenvalue weighted by Gasteiger charge is -2.10. The van der Waals surface area contributed by atoms with Crippen LogP contribution < -0.4 is 5.73 Å². The van der Waals surface area contributed by atoms with E-state index in [4.69, 9.17) is 5.73 Å². The molecule has 108 valence electrons. The van der Waals surface area contributed by atoms with Gasteiger partial charge in [-0.3, -0.25) is 4.68 Å². The monoisotopic (exact) mass is 283 g/mol. The highest BCUT2D eigenvalue weighted by molar-refractivity contribution is 5.66. The summed E-state index contributed by atoms with van der Waals surface area (Å²) in [7, 11) is 1.78. The highest BCUT2D eigenvalue weighted by atomic mass is 19.4. The number of rotatable bonds is 4. The minimum atomic E-state index is -4.34. The van der Waals surface area contributed by atoms with Crippen LogP contribution in [0.3, 0.4) is 0 Å². The number of halogens is 3. The third kappa shape index (κ3) is 3.01. The zero-order valence-corrected chi connectivity index (χ0v) is 11.1. The molecular formula is C14H16F3N3. The van der Waals surface area contributed by atoms with E-state index in [-0.39, 0.29) is 0 Å². The minimum absolute atomic E-state index is 0.528. The summed E-state index contributed by atoms with van der Waals surface area (Å²) in [6.45, 7) is 0.535. The highest BCUT2D eigenvalue weighted by Gasteiger charge is 2.30. The Morgan fingerprint density at radius 3 is 2.70 bits per heavy atom. The van der Waals surface area contributed by atoms with Crippen molar-refractivity contribution < 1.29 is 13.2 Å². The Labute approximate surface area is 115 Å². The average molecular weight is 283 g/mol. The van der Waals surface area contributed by atoms with Gasteiger partial charge in [-0.2, -0.15) is 18.3 Å². The normalized spacial score (nSPS) is 11.8. The molecule has 0 atom stereocenters. The van der Waals surface area contributed by atoms with Gasteiger partial charge in [0.05, 0.1) is 11.8 Å². The van der Waals surface area contributed by atoms with E-state index >= 15 is 0 Å². The second-order valence-corrected chi connectivity index (χ2v) is 4.60. The molecule has 0 radical (unpaired) electrons. The number of hydrogen-bond donors (Lipinski definition) is 1. The van der Waals surface area contributed by atoms with Crippen molar-refractivity contribution in [3.63, 3.8) is 0 Å². The molecule has 2 N–H and O–H groups in total. The Hall–Kier alpha value is -1.82. The fraction of sp³-hybridized carbons (Fsp3) is 0.357. The average Bonchev–Trinajstić information content (AvgIpc) is 2.77. The first-order chi connectivity index (χ1) is 9.43. The van der Waals surface area contributed by atoms with Crippen molar-refractivity contribution in [3.8, 4) is 11.1 Å². The second kappa shape index (κ2) is 5.66. The predicted octanol–water partition coefficient (Wildman–Crippen LogP) is 3.00. The molecule has 1 aromatic carbocycles. The molecule has 1 aromatic heterocycles. The lowest BCUT2D eigenvalue weighted by atomic mass is 10.0.